The maximum atomic E-state index is 11.9. The third kappa shape index (κ3) is 2.71. The summed E-state index contributed by atoms with van der Waals surface area (Å²) in [5, 5.41) is 8.84. The van der Waals surface area contributed by atoms with Gasteiger partial charge in [0.1, 0.15) is 6.54 Å². The molecular formula is C13H14N2O5. The van der Waals surface area contributed by atoms with Crippen LogP contribution in [0.2, 0.25) is 0 Å². The van der Waals surface area contributed by atoms with Crippen molar-refractivity contribution in [2.45, 2.75) is 0 Å². The Labute approximate surface area is 115 Å². The molecule has 106 valence electrons. The number of anilines is 1. The third-order valence-corrected chi connectivity index (χ3v) is 3.09. The average Bonchev–Trinajstić information content (AvgIpc) is 2.46. The molecule has 7 nitrogen and oxygen atoms in total. The number of amides is 2. The van der Waals surface area contributed by atoms with Crippen molar-refractivity contribution in [1.82, 2.24) is 4.90 Å². The van der Waals surface area contributed by atoms with Gasteiger partial charge in [-0.05, 0) is 24.3 Å². The fraction of sp³-hybridized carbons (Fsp3) is 0.308. The molecule has 0 bridgehead atoms. The predicted octanol–water partition coefficient (Wildman–Crippen LogP) is 0.800. The third-order valence-electron chi connectivity index (χ3n) is 3.09. The number of carboxylic acid groups (broad SMARTS) is 1. The van der Waals surface area contributed by atoms with Crippen molar-refractivity contribution < 1.29 is 24.2 Å². The van der Waals surface area contributed by atoms with Crippen molar-refractivity contribution in [3.05, 3.63) is 29.8 Å². The smallest absolute Gasteiger partial charge is 0.407 e. The predicted molar refractivity (Wildman–Crippen MR) is 69.7 cm³/mol. The van der Waals surface area contributed by atoms with Gasteiger partial charge >= 0.3 is 12.1 Å². The van der Waals surface area contributed by atoms with Gasteiger partial charge in [0, 0.05) is 18.8 Å². The first-order valence-corrected chi connectivity index (χ1v) is 5.99. The van der Waals surface area contributed by atoms with Gasteiger partial charge in [-0.25, -0.2) is 9.59 Å². The number of carbonyl (C=O) groups excluding carboxylic acids is 2. The maximum absolute atomic E-state index is 11.9. The maximum Gasteiger partial charge on any atom is 0.407 e. The van der Waals surface area contributed by atoms with E-state index < -0.39 is 12.1 Å². The van der Waals surface area contributed by atoms with Crippen molar-refractivity contribution in [1.29, 1.82) is 0 Å². The number of ether oxygens (including phenoxy) is 1. The zero-order valence-electron chi connectivity index (χ0n) is 10.9. The van der Waals surface area contributed by atoms with E-state index in [1.54, 1.807) is 24.3 Å². The summed E-state index contributed by atoms with van der Waals surface area (Å²) in [6.07, 6.45) is -1.10. The highest BCUT2D eigenvalue weighted by Crippen LogP contribution is 2.18. The minimum absolute atomic E-state index is 0.159. The second-order valence-corrected chi connectivity index (χ2v) is 4.29. The summed E-state index contributed by atoms with van der Waals surface area (Å²) in [6.45, 7) is 0.399. The minimum atomic E-state index is -1.10. The highest BCUT2D eigenvalue weighted by Gasteiger charge is 2.27. The summed E-state index contributed by atoms with van der Waals surface area (Å²) >= 11 is 0. The van der Waals surface area contributed by atoms with Gasteiger partial charge in [-0.15, -0.1) is 0 Å². The fourth-order valence-corrected chi connectivity index (χ4v) is 2.00. The SMILES string of the molecule is COC(=O)c1ccc(N2CCN(C(=O)O)CC2=O)cc1. The number of benzene rings is 1. The van der Waals surface area contributed by atoms with Crippen LogP contribution in [0.5, 0.6) is 0 Å². The molecule has 0 saturated carbocycles. The first-order chi connectivity index (χ1) is 9.52. The van der Waals surface area contributed by atoms with Gasteiger partial charge in [0.15, 0.2) is 0 Å². The van der Waals surface area contributed by atoms with Crippen LogP contribution < -0.4 is 4.90 Å². The molecule has 0 spiro atoms. The average molecular weight is 278 g/mol. The van der Waals surface area contributed by atoms with Crippen LogP contribution in [-0.2, 0) is 9.53 Å². The molecule has 0 aliphatic carbocycles. The van der Waals surface area contributed by atoms with Crippen LogP contribution in [0.1, 0.15) is 10.4 Å². The fourth-order valence-electron chi connectivity index (χ4n) is 2.00. The zero-order chi connectivity index (χ0) is 14.7. The van der Waals surface area contributed by atoms with Crippen molar-refractivity contribution >= 4 is 23.7 Å². The van der Waals surface area contributed by atoms with Gasteiger partial charge in [-0.3, -0.25) is 9.69 Å². The minimum Gasteiger partial charge on any atom is -0.465 e. The zero-order valence-corrected chi connectivity index (χ0v) is 10.9. The molecule has 1 N–H and O–H groups in total. The molecule has 1 fully saturated rings. The number of piperazine rings is 1. The lowest BCUT2D eigenvalue weighted by atomic mass is 10.2. The van der Waals surface area contributed by atoms with E-state index in [2.05, 4.69) is 4.74 Å². The van der Waals surface area contributed by atoms with Gasteiger partial charge in [0.05, 0.1) is 12.7 Å². The number of rotatable bonds is 2. The van der Waals surface area contributed by atoms with Crippen LogP contribution in [0.15, 0.2) is 24.3 Å². The van der Waals surface area contributed by atoms with Gasteiger partial charge in [-0.1, -0.05) is 0 Å². The van der Waals surface area contributed by atoms with Crippen molar-refractivity contribution in [2.75, 3.05) is 31.6 Å². The monoisotopic (exact) mass is 278 g/mol. The molecular weight excluding hydrogens is 264 g/mol. The molecule has 20 heavy (non-hydrogen) atoms. The van der Waals surface area contributed by atoms with E-state index in [1.807, 2.05) is 0 Å². The van der Waals surface area contributed by atoms with E-state index in [-0.39, 0.29) is 19.0 Å². The molecule has 1 aromatic carbocycles. The Morgan fingerprint density at radius 1 is 1.20 bits per heavy atom. The van der Waals surface area contributed by atoms with Crippen LogP contribution in [0, 0.1) is 0 Å². The lowest BCUT2D eigenvalue weighted by Gasteiger charge is -2.32. The molecule has 2 amide bonds. The molecule has 0 unspecified atom stereocenters. The molecule has 1 aromatic rings. The van der Waals surface area contributed by atoms with Gasteiger partial charge < -0.3 is 14.7 Å². The van der Waals surface area contributed by atoms with Gasteiger partial charge in [0.25, 0.3) is 0 Å². The summed E-state index contributed by atoms with van der Waals surface area (Å²) < 4.78 is 4.59. The molecule has 1 saturated heterocycles. The molecule has 0 aromatic heterocycles. The summed E-state index contributed by atoms with van der Waals surface area (Å²) in [4.78, 5) is 36.6. The Bertz CT molecular complexity index is 540. The Hall–Kier alpha value is -2.57. The molecule has 1 aliphatic rings. The second-order valence-electron chi connectivity index (χ2n) is 4.29. The first-order valence-electron chi connectivity index (χ1n) is 5.99. The first kappa shape index (κ1) is 13.9. The summed E-state index contributed by atoms with van der Waals surface area (Å²) in [5.74, 6) is -0.733. The molecule has 1 heterocycles. The highest BCUT2D eigenvalue weighted by atomic mass is 16.5. The molecule has 0 atom stereocenters. The number of methoxy groups -OCH3 is 1. The van der Waals surface area contributed by atoms with Crippen LogP contribution in [0.3, 0.4) is 0 Å². The van der Waals surface area contributed by atoms with Crippen molar-refractivity contribution in [3.8, 4) is 0 Å². The lowest BCUT2D eigenvalue weighted by Crippen LogP contribution is -2.52. The van der Waals surface area contributed by atoms with Crippen molar-refractivity contribution in [2.24, 2.45) is 0 Å². The highest BCUT2D eigenvalue weighted by molar-refractivity contribution is 5.97. The van der Waals surface area contributed by atoms with Crippen LogP contribution >= 0.6 is 0 Å². The van der Waals surface area contributed by atoms with E-state index in [0.717, 1.165) is 4.90 Å². The molecule has 7 heteroatoms. The Morgan fingerprint density at radius 2 is 1.85 bits per heavy atom. The largest absolute Gasteiger partial charge is 0.465 e. The van der Waals surface area contributed by atoms with E-state index in [0.29, 0.717) is 17.8 Å². The van der Waals surface area contributed by atoms with Gasteiger partial charge in [0.2, 0.25) is 5.91 Å². The summed E-state index contributed by atoms with van der Waals surface area (Å²) in [5.41, 5.74) is 1.03. The van der Waals surface area contributed by atoms with Crippen LogP contribution in [-0.4, -0.2) is 54.7 Å². The number of nitrogens with zero attached hydrogens (tertiary/aromatic N) is 2. The van der Waals surface area contributed by atoms with E-state index in [4.69, 9.17) is 5.11 Å². The number of hydrogen-bond donors (Lipinski definition) is 1. The number of esters is 1. The van der Waals surface area contributed by atoms with E-state index in [1.165, 1.54) is 12.0 Å². The van der Waals surface area contributed by atoms with Crippen LogP contribution in [0.25, 0.3) is 0 Å². The number of hydrogen-bond acceptors (Lipinski definition) is 4. The quantitative estimate of drug-likeness (QED) is 0.808. The summed E-state index contributed by atoms with van der Waals surface area (Å²) in [6, 6.07) is 6.41. The lowest BCUT2D eigenvalue weighted by molar-refractivity contribution is -0.120. The summed E-state index contributed by atoms with van der Waals surface area (Å²) in [7, 11) is 1.30. The Balaban J connectivity index is 2.11. The van der Waals surface area contributed by atoms with E-state index in [9.17, 15) is 14.4 Å². The van der Waals surface area contributed by atoms with Crippen LogP contribution in [0.4, 0.5) is 10.5 Å². The van der Waals surface area contributed by atoms with Gasteiger partial charge in [-0.2, -0.15) is 0 Å². The normalized spacial score (nSPS) is 15.2. The standard InChI is InChI=1S/C13H14N2O5/c1-20-12(17)9-2-4-10(5-3-9)15-7-6-14(13(18)19)8-11(15)16/h2-5H,6-8H2,1H3,(H,18,19). The number of carbonyl (C=O) groups is 3. The Morgan fingerprint density at radius 3 is 2.35 bits per heavy atom. The molecule has 1 aliphatic heterocycles. The topological polar surface area (TPSA) is 87.2 Å². The van der Waals surface area contributed by atoms with Crippen molar-refractivity contribution in [3.63, 3.8) is 0 Å². The van der Waals surface area contributed by atoms with E-state index >= 15 is 0 Å². The second kappa shape index (κ2) is 5.60. The molecule has 2 rings (SSSR count). The Kier molecular flexibility index (Phi) is 3.88. The molecule has 0 radical (unpaired) electrons.